The number of rotatable bonds is 0. The van der Waals surface area contributed by atoms with Crippen LogP contribution in [0, 0.1) is 5.82 Å². The summed E-state index contributed by atoms with van der Waals surface area (Å²) in [6.45, 7) is 0.918. The first-order valence-corrected chi connectivity index (χ1v) is 7.49. The first kappa shape index (κ1) is 12.3. The van der Waals surface area contributed by atoms with Gasteiger partial charge in [0.2, 0.25) is 0 Å². The van der Waals surface area contributed by atoms with Crippen LogP contribution in [0.5, 0.6) is 0 Å². The number of halogens is 2. The lowest BCUT2D eigenvalue weighted by Gasteiger charge is -2.38. The lowest BCUT2D eigenvalue weighted by atomic mass is 9.79. The van der Waals surface area contributed by atoms with Crippen molar-refractivity contribution in [3.63, 3.8) is 0 Å². The zero-order valence-corrected chi connectivity index (χ0v) is 11.9. The van der Waals surface area contributed by atoms with Crippen molar-refractivity contribution < 1.29 is 4.39 Å². The highest BCUT2D eigenvalue weighted by atomic mass is 79.9. The molecule has 0 amide bonds. The molecule has 4 heteroatoms. The van der Waals surface area contributed by atoms with Crippen LogP contribution in [-0.4, -0.2) is 12.1 Å². The number of benzene rings is 1. The summed E-state index contributed by atoms with van der Waals surface area (Å²) >= 11 is 3.27. The molecule has 0 atom stereocenters. The molecule has 2 aliphatic rings. The highest BCUT2D eigenvalue weighted by molar-refractivity contribution is 9.10. The molecule has 0 aromatic heterocycles. The first-order valence-electron chi connectivity index (χ1n) is 6.70. The third-order valence-corrected chi connectivity index (χ3v) is 4.80. The zero-order chi connectivity index (χ0) is 12.6. The minimum atomic E-state index is -0.206. The second-order valence-electron chi connectivity index (χ2n) is 5.45. The van der Waals surface area contributed by atoms with Crippen LogP contribution in [0.3, 0.4) is 0 Å². The molecule has 1 aliphatic heterocycles. The van der Waals surface area contributed by atoms with Crippen molar-refractivity contribution in [1.82, 2.24) is 0 Å². The van der Waals surface area contributed by atoms with Crippen LogP contribution < -0.4 is 10.6 Å². The molecule has 0 saturated heterocycles. The van der Waals surface area contributed by atoms with Gasteiger partial charge in [-0.05, 0) is 41.3 Å². The van der Waals surface area contributed by atoms with E-state index in [4.69, 9.17) is 0 Å². The summed E-state index contributed by atoms with van der Waals surface area (Å²) in [6, 6.07) is 3.44. The molecule has 3 rings (SSSR count). The fraction of sp³-hybridized carbons (Fsp3) is 0.571. The lowest BCUT2D eigenvalue weighted by molar-refractivity contribution is 0.313. The van der Waals surface area contributed by atoms with Gasteiger partial charge in [0.05, 0.1) is 15.8 Å². The number of fused-ring (bicyclic) bond motifs is 1. The predicted octanol–water partition coefficient (Wildman–Crippen LogP) is 4.52. The normalized spacial score (nSPS) is 21.7. The van der Waals surface area contributed by atoms with Crippen molar-refractivity contribution in [2.24, 2.45) is 0 Å². The Hall–Kier alpha value is -0.770. The molecule has 98 valence electrons. The Morgan fingerprint density at radius 1 is 1.06 bits per heavy atom. The van der Waals surface area contributed by atoms with Gasteiger partial charge in [-0.2, -0.15) is 0 Å². The fourth-order valence-corrected chi connectivity index (χ4v) is 3.53. The van der Waals surface area contributed by atoms with Crippen molar-refractivity contribution in [2.45, 2.75) is 44.1 Å². The summed E-state index contributed by atoms with van der Waals surface area (Å²) in [7, 11) is 0. The van der Waals surface area contributed by atoms with E-state index in [-0.39, 0.29) is 11.4 Å². The van der Waals surface area contributed by atoms with Gasteiger partial charge in [-0.25, -0.2) is 4.39 Å². The van der Waals surface area contributed by atoms with Crippen LogP contribution in [-0.2, 0) is 0 Å². The standard InChI is InChI=1S/C14H18BrFN2/c15-10-8-13-12(9-11(10)16)17-7-6-14(18-13)4-2-1-3-5-14/h8-9,17-18H,1-7H2. The third kappa shape index (κ3) is 2.22. The third-order valence-electron chi connectivity index (χ3n) is 4.19. The molecule has 1 saturated carbocycles. The molecule has 2 N–H and O–H groups in total. The van der Waals surface area contributed by atoms with E-state index in [9.17, 15) is 4.39 Å². The van der Waals surface area contributed by atoms with Gasteiger partial charge in [-0.15, -0.1) is 0 Å². The summed E-state index contributed by atoms with van der Waals surface area (Å²) < 4.78 is 14.1. The lowest BCUT2D eigenvalue weighted by Crippen LogP contribution is -2.40. The summed E-state index contributed by atoms with van der Waals surface area (Å²) in [5.74, 6) is -0.206. The Kier molecular flexibility index (Phi) is 3.22. The van der Waals surface area contributed by atoms with Crippen LogP contribution in [0.4, 0.5) is 15.8 Å². The fourth-order valence-electron chi connectivity index (χ4n) is 3.18. The van der Waals surface area contributed by atoms with Gasteiger partial charge in [-0.3, -0.25) is 0 Å². The molecule has 1 aromatic carbocycles. The summed E-state index contributed by atoms with van der Waals surface area (Å²) in [4.78, 5) is 0. The Morgan fingerprint density at radius 3 is 2.61 bits per heavy atom. The topological polar surface area (TPSA) is 24.1 Å². The van der Waals surface area contributed by atoms with Gasteiger partial charge in [0.15, 0.2) is 0 Å². The second-order valence-corrected chi connectivity index (χ2v) is 6.31. The monoisotopic (exact) mass is 312 g/mol. The Morgan fingerprint density at radius 2 is 1.83 bits per heavy atom. The van der Waals surface area contributed by atoms with E-state index in [0.717, 1.165) is 24.3 Å². The molecule has 1 aromatic rings. The molecule has 1 heterocycles. The maximum atomic E-state index is 13.6. The van der Waals surface area contributed by atoms with E-state index in [2.05, 4.69) is 26.6 Å². The van der Waals surface area contributed by atoms with E-state index in [1.54, 1.807) is 6.07 Å². The minimum absolute atomic E-state index is 0.206. The maximum Gasteiger partial charge on any atom is 0.139 e. The van der Waals surface area contributed by atoms with Gasteiger partial charge < -0.3 is 10.6 Å². The van der Waals surface area contributed by atoms with Crippen LogP contribution in [0.1, 0.15) is 38.5 Å². The molecule has 2 nitrogen and oxygen atoms in total. The van der Waals surface area contributed by atoms with E-state index in [1.807, 2.05) is 6.07 Å². The van der Waals surface area contributed by atoms with Crippen molar-refractivity contribution in [3.05, 3.63) is 22.4 Å². The number of anilines is 2. The quantitative estimate of drug-likeness (QED) is 0.736. The number of hydrogen-bond donors (Lipinski definition) is 2. The van der Waals surface area contributed by atoms with Crippen molar-refractivity contribution in [3.8, 4) is 0 Å². The summed E-state index contributed by atoms with van der Waals surface area (Å²) in [5, 5.41) is 7.03. The van der Waals surface area contributed by atoms with Crippen molar-refractivity contribution in [1.29, 1.82) is 0 Å². The van der Waals surface area contributed by atoms with E-state index < -0.39 is 0 Å². The smallest absolute Gasteiger partial charge is 0.139 e. The second kappa shape index (κ2) is 4.72. The van der Waals surface area contributed by atoms with Crippen LogP contribution in [0.2, 0.25) is 0 Å². The van der Waals surface area contributed by atoms with E-state index in [0.29, 0.717) is 4.47 Å². The number of nitrogens with one attached hydrogen (secondary N) is 2. The molecule has 1 aliphatic carbocycles. The molecule has 18 heavy (non-hydrogen) atoms. The van der Waals surface area contributed by atoms with Gasteiger partial charge in [0.1, 0.15) is 5.82 Å². The van der Waals surface area contributed by atoms with Crippen molar-refractivity contribution in [2.75, 3.05) is 17.2 Å². The summed E-state index contributed by atoms with van der Waals surface area (Å²) in [6.07, 6.45) is 7.50. The molecular weight excluding hydrogens is 295 g/mol. The van der Waals surface area contributed by atoms with Crippen LogP contribution in [0.15, 0.2) is 16.6 Å². The Bertz CT molecular complexity index is 455. The maximum absolute atomic E-state index is 13.6. The largest absolute Gasteiger partial charge is 0.383 e. The van der Waals surface area contributed by atoms with E-state index >= 15 is 0 Å². The summed E-state index contributed by atoms with van der Waals surface area (Å²) in [5.41, 5.74) is 2.13. The SMILES string of the molecule is Fc1cc2c(cc1Br)NC1(CCCCC1)CCN2. The first-order chi connectivity index (χ1) is 8.69. The highest BCUT2D eigenvalue weighted by Crippen LogP contribution is 2.40. The van der Waals surface area contributed by atoms with Gasteiger partial charge in [-0.1, -0.05) is 19.3 Å². The van der Waals surface area contributed by atoms with Crippen LogP contribution >= 0.6 is 15.9 Å². The average Bonchev–Trinajstić information content (AvgIpc) is 2.51. The molecule has 1 fully saturated rings. The van der Waals surface area contributed by atoms with E-state index in [1.165, 1.54) is 32.1 Å². The number of hydrogen-bond acceptors (Lipinski definition) is 2. The van der Waals surface area contributed by atoms with Crippen LogP contribution in [0.25, 0.3) is 0 Å². The molecule has 0 radical (unpaired) electrons. The Balaban J connectivity index is 1.94. The average molecular weight is 313 g/mol. The van der Waals surface area contributed by atoms with Crippen molar-refractivity contribution >= 4 is 27.3 Å². The molecular formula is C14H18BrFN2. The molecule has 1 spiro atoms. The van der Waals surface area contributed by atoms with Gasteiger partial charge in [0, 0.05) is 18.2 Å². The highest BCUT2D eigenvalue weighted by Gasteiger charge is 2.33. The Labute approximate surface area is 115 Å². The minimum Gasteiger partial charge on any atom is -0.383 e. The van der Waals surface area contributed by atoms with Gasteiger partial charge in [0.25, 0.3) is 0 Å². The molecule has 0 bridgehead atoms. The zero-order valence-electron chi connectivity index (χ0n) is 10.4. The predicted molar refractivity (Wildman–Crippen MR) is 76.6 cm³/mol. The van der Waals surface area contributed by atoms with Gasteiger partial charge >= 0.3 is 0 Å². The molecule has 0 unspecified atom stereocenters.